The van der Waals surface area contributed by atoms with Crippen LogP contribution in [0.3, 0.4) is 0 Å². The van der Waals surface area contributed by atoms with Crippen molar-refractivity contribution in [3.05, 3.63) is 23.8 Å². The largest absolute Gasteiger partial charge is 0.493 e. The van der Waals surface area contributed by atoms with E-state index in [0.29, 0.717) is 12.6 Å². The summed E-state index contributed by atoms with van der Waals surface area (Å²) in [5.41, 5.74) is 1.32. The molecule has 0 radical (unpaired) electrons. The van der Waals surface area contributed by atoms with Gasteiger partial charge >= 0.3 is 0 Å². The number of benzene rings is 1. The van der Waals surface area contributed by atoms with Crippen molar-refractivity contribution in [3.8, 4) is 11.5 Å². The minimum atomic E-state index is 0. The molecule has 1 aliphatic heterocycles. The van der Waals surface area contributed by atoms with Gasteiger partial charge in [-0.25, -0.2) is 0 Å². The van der Waals surface area contributed by atoms with Crippen molar-refractivity contribution in [3.63, 3.8) is 0 Å². The molecule has 2 rings (SSSR count). The van der Waals surface area contributed by atoms with Gasteiger partial charge in [0.2, 0.25) is 0 Å². The zero-order chi connectivity index (χ0) is 14.4. The summed E-state index contributed by atoms with van der Waals surface area (Å²) < 4.78 is 11.1. The molecule has 1 aromatic rings. The second-order valence-corrected chi connectivity index (χ2v) is 5.05. The van der Waals surface area contributed by atoms with Gasteiger partial charge in [0.25, 0.3) is 0 Å². The molecule has 0 aromatic heterocycles. The maximum absolute atomic E-state index is 5.69. The van der Waals surface area contributed by atoms with Gasteiger partial charge in [-0.15, -0.1) is 24.8 Å². The number of methoxy groups -OCH3 is 1. The van der Waals surface area contributed by atoms with Crippen molar-refractivity contribution in [1.82, 2.24) is 10.2 Å². The molecule has 1 aromatic carbocycles. The second-order valence-electron chi connectivity index (χ2n) is 5.05. The van der Waals surface area contributed by atoms with E-state index in [9.17, 15) is 0 Å². The van der Waals surface area contributed by atoms with E-state index in [2.05, 4.69) is 29.3 Å². The molecule has 1 aliphatic rings. The fourth-order valence-electron chi connectivity index (χ4n) is 2.87. The number of hydrogen-bond donors (Lipinski definition) is 1. The number of hydrogen-bond acceptors (Lipinski definition) is 4. The number of halogens is 2. The monoisotopic (exact) mass is 350 g/mol. The Hall–Kier alpha value is -0.680. The molecule has 1 fully saturated rings. The van der Waals surface area contributed by atoms with Crippen LogP contribution in [0.25, 0.3) is 0 Å². The number of rotatable bonds is 6. The topological polar surface area (TPSA) is 33.7 Å². The summed E-state index contributed by atoms with van der Waals surface area (Å²) in [7, 11) is 1.69. The summed E-state index contributed by atoms with van der Waals surface area (Å²) >= 11 is 0. The quantitative estimate of drug-likeness (QED) is 0.853. The summed E-state index contributed by atoms with van der Waals surface area (Å²) in [6, 6.07) is 6.78. The third-order valence-corrected chi connectivity index (χ3v) is 3.85. The molecular formula is C16H28Cl2N2O2. The van der Waals surface area contributed by atoms with Crippen LogP contribution in [-0.2, 0) is 0 Å². The summed E-state index contributed by atoms with van der Waals surface area (Å²) in [6.07, 6.45) is 1.11. The summed E-state index contributed by atoms with van der Waals surface area (Å²) in [6.45, 7) is 9.26. The Morgan fingerprint density at radius 2 is 1.82 bits per heavy atom. The molecule has 1 saturated heterocycles. The molecule has 1 heterocycles. The molecule has 1 atom stereocenters. The Labute approximate surface area is 146 Å². The molecule has 0 unspecified atom stereocenters. The predicted octanol–water partition coefficient (Wildman–Crippen LogP) is 3.29. The van der Waals surface area contributed by atoms with Gasteiger partial charge in [-0.05, 0) is 31.0 Å². The van der Waals surface area contributed by atoms with Gasteiger partial charge in [-0.3, -0.25) is 4.90 Å². The van der Waals surface area contributed by atoms with Gasteiger partial charge in [-0.2, -0.15) is 0 Å². The van der Waals surface area contributed by atoms with Crippen LogP contribution in [0.1, 0.15) is 31.9 Å². The van der Waals surface area contributed by atoms with E-state index in [1.165, 1.54) is 5.56 Å². The minimum Gasteiger partial charge on any atom is -0.493 e. The van der Waals surface area contributed by atoms with E-state index in [4.69, 9.17) is 9.47 Å². The number of nitrogens with zero attached hydrogens (tertiary/aromatic N) is 1. The first kappa shape index (κ1) is 21.3. The smallest absolute Gasteiger partial charge is 0.161 e. The summed E-state index contributed by atoms with van der Waals surface area (Å²) in [4.78, 5) is 2.55. The zero-order valence-corrected chi connectivity index (χ0v) is 15.3. The van der Waals surface area contributed by atoms with Crippen molar-refractivity contribution in [2.75, 3.05) is 39.9 Å². The first-order valence-electron chi connectivity index (χ1n) is 7.55. The second kappa shape index (κ2) is 10.9. The highest BCUT2D eigenvalue weighted by Crippen LogP contribution is 2.33. The predicted molar refractivity (Wildman–Crippen MR) is 96.1 cm³/mol. The lowest BCUT2D eigenvalue weighted by Gasteiger charge is -2.35. The summed E-state index contributed by atoms with van der Waals surface area (Å²) in [5.74, 6) is 1.66. The van der Waals surface area contributed by atoms with Gasteiger partial charge in [0, 0.05) is 32.2 Å². The lowest BCUT2D eigenvalue weighted by atomic mass is 10.0. The summed E-state index contributed by atoms with van der Waals surface area (Å²) in [5, 5.41) is 3.41. The highest BCUT2D eigenvalue weighted by molar-refractivity contribution is 5.85. The van der Waals surface area contributed by atoms with Crippen LogP contribution in [0.5, 0.6) is 11.5 Å². The van der Waals surface area contributed by atoms with E-state index >= 15 is 0 Å². The van der Waals surface area contributed by atoms with Gasteiger partial charge in [0.15, 0.2) is 11.5 Å². The maximum atomic E-state index is 5.69. The number of nitrogens with one attached hydrogen (secondary N) is 1. The fourth-order valence-corrected chi connectivity index (χ4v) is 2.87. The standard InChI is InChI=1S/C16H26N2O2.2ClH/c1-4-14(18-10-8-17-9-11-18)13-6-7-15(19-3)16(12-13)20-5-2;;/h6-7,12,14,17H,4-5,8-11H2,1-3H3;2*1H/t14-;;/m1../s1. The lowest BCUT2D eigenvalue weighted by molar-refractivity contribution is 0.169. The molecule has 0 amide bonds. The average Bonchev–Trinajstić information content (AvgIpc) is 2.50. The Balaban J connectivity index is 0.00000220. The van der Waals surface area contributed by atoms with E-state index in [1.807, 2.05) is 13.0 Å². The third kappa shape index (κ3) is 5.20. The van der Waals surface area contributed by atoms with Crippen molar-refractivity contribution < 1.29 is 9.47 Å². The van der Waals surface area contributed by atoms with Crippen LogP contribution < -0.4 is 14.8 Å². The molecule has 0 saturated carbocycles. The van der Waals surface area contributed by atoms with Crippen molar-refractivity contribution in [2.45, 2.75) is 26.3 Å². The van der Waals surface area contributed by atoms with Crippen LogP contribution >= 0.6 is 24.8 Å². The molecule has 0 aliphatic carbocycles. The Kier molecular flexibility index (Phi) is 10.6. The maximum Gasteiger partial charge on any atom is 0.161 e. The van der Waals surface area contributed by atoms with E-state index in [1.54, 1.807) is 7.11 Å². The van der Waals surface area contributed by atoms with Gasteiger partial charge in [0.1, 0.15) is 0 Å². The molecule has 0 spiro atoms. The first-order valence-corrected chi connectivity index (χ1v) is 7.55. The van der Waals surface area contributed by atoms with Gasteiger partial charge in [0.05, 0.1) is 13.7 Å². The molecular weight excluding hydrogens is 323 g/mol. The fraction of sp³-hybridized carbons (Fsp3) is 0.625. The normalized spacial score (nSPS) is 16.1. The average molecular weight is 351 g/mol. The Bertz CT molecular complexity index is 427. The van der Waals surface area contributed by atoms with Crippen molar-refractivity contribution in [2.24, 2.45) is 0 Å². The van der Waals surface area contributed by atoms with E-state index < -0.39 is 0 Å². The third-order valence-electron chi connectivity index (χ3n) is 3.85. The zero-order valence-electron chi connectivity index (χ0n) is 13.6. The minimum absolute atomic E-state index is 0. The SMILES string of the molecule is CCOc1cc([C@@H](CC)N2CCNCC2)ccc1OC.Cl.Cl. The Morgan fingerprint density at radius 1 is 1.14 bits per heavy atom. The molecule has 128 valence electrons. The number of ether oxygens (including phenoxy) is 2. The molecule has 6 heteroatoms. The van der Waals surface area contributed by atoms with Crippen LogP contribution in [0, 0.1) is 0 Å². The lowest BCUT2D eigenvalue weighted by Crippen LogP contribution is -2.45. The highest BCUT2D eigenvalue weighted by Gasteiger charge is 2.21. The Morgan fingerprint density at radius 3 is 2.36 bits per heavy atom. The van der Waals surface area contributed by atoms with Crippen LogP contribution in [0.4, 0.5) is 0 Å². The number of piperazine rings is 1. The van der Waals surface area contributed by atoms with Crippen molar-refractivity contribution in [1.29, 1.82) is 0 Å². The van der Waals surface area contributed by atoms with Gasteiger partial charge in [-0.1, -0.05) is 13.0 Å². The van der Waals surface area contributed by atoms with Gasteiger partial charge < -0.3 is 14.8 Å². The molecule has 22 heavy (non-hydrogen) atoms. The van der Waals surface area contributed by atoms with Crippen LogP contribution in [-0.4, -0.2) is 44.8 Å². The van der Waals surface area contributed by atoms with Crippen molar-refractivity contribution >= 4 is 24.8 Å². The van der Waals surface area contributed by atoms with E-state index in [-0.39, 0.29) is 24.8 Å². The molecule has 0 bridgehead atoms. The molecule has 1 N–H and O–H groups in total. The highest BCUT2D eigenvalue weighted by atomic mass is 35.5. The molecule has 4 nitrogen and oxygen atoms in total. The van der Waals surface area contributed by atoms with Crippen LogP contribution in [0.15, 0.2) is 18.2 Å². The van der Waals surface area contributed by atoms with E-state index in [0.717, 1.165) is 44.1 Å². The van der Waals surface area contributed by atoms with Crippen LogP contribution in [0.2, 0.25) is 0 Å². The first-order chi connectivity index (χ1) is 9.80.